The monoisotopic (exact) mass is 411 g/mol. The topological polar surface area (TPSA) is 90.3 Å². The van der Waals surface area contributed by atoms with Crippen LogP contribution in [-0.4, -0.2) is 28.5 Å². The van der Waals surface area contributed by atoms with Gasteiger partial charge in [0.25, 0.3) is 5.56 Å². The van der Waals surface area contributed by atoms with Crippen molar-refractivity contribution in [2.24, 2.45) is 0 Å². The third-order valence-electron chi connectivity index (χ3n) is 5.11. The highest BCUT2D eigenvalue weighted by Gasteiger charge is 2.20. The highest BCUT2D eigenvalue weighted by atomic mass is 32.1. The number of benzene rings is 1. The molecule has 0 fully saturated rings. The summed E-state index contributed by atoms with van der Waals surface area (Å²) in [7, 11) is 1.32. The summed E-state index contributed by atoms with van der Waals surface area (Å²) in [6.45, 7) is 0.262. The fraction of sp³-hybridized carbons (Fsp3) is 0.333. The Hall–Kier alpha value is -3.00. The summed E-state index contributed by atoms with van der Waals surface area (Å²) in [5, 5.41) is 3.50. The molecule has 29 heavy (non-hydrogen) atoms. The lowest BCUT2D eigenvalue weighted by Crippen LogP contribution is -2.24. The van der Waals surface area contributed by atoms with Crippen LogP contribution in [-0.2, 0) is 28.9 Å². The van der Waals surface area contributed by atoms with Crippen LogP contribution < -0.4 is 10.9 Å². The van der Waals surface area contributed by atoms with Crippen molar-refractivity contribution in [3.8, 4) is 0 Å². The third kappa shape index (κ3) is 3.93. The summed E-state index contributed by atoms with van der Waals surface area (Å²) in [5.41, 5.74) is 2.08. The highest BCUT2D eigenvalue weighted by molar-refractivity contribution is 7.18. The van der Waals surface area contributed by atoms with Crippen molar-refractivity contribution in [1.29, 1.82) is 0 Å². The second-order valence-electron chi connectivity index (χ2n) is 7.00. The van der Waals surface area contributed by atoms with E-state index >= 15 is 0 Å². The van der Waals surface area contributed by atoms with E-state index in [4.69, 9.17) is 0 Å². The van der Waals surface area contributed by atoms with Crippen LogP contribution in [0.15, 0.2) is 35.4 Å². The lowest BCUT2D eigenvalue weighted by atomic mass is 9.97. The number of amides is 1. The zero-order valence-corrected chi connectivity index (χ0v) is 16.9. The molecule has 1 aromatic carbocycles. The molecule has 2 heterocycles. The quantitative estimate of drug-likeness (QED) is 0.652. The molecular weight excluding hydrogens is 390 g/mol. The van der Waals surface area contributed by atoms with Gasteiger partial charge in [0.05, 0.1) is 24.4 Å². The number of carbonyl (C=O) groups is 2. The second kappa shape index (κ2) is 8.16. The minimum Gasteiger partial charge on any atom is -0.465 e. The van der Waals surface area contributed by atoms with Crippen molar-refractivity contribution in [1.82, 2.24) is 9.55 Å². The van der Waals surface area contributed by atoms with Gasteiger partial charge in [0.15, 0.2) is 0 Å². The summed E-state index contributed by atoms with van der Waals surface area (Å²) in [6.07, 6.45) is 5.90. The molecule has 0 unspecified atom stereocenters. The average Bonchev–Trinajstić information content (AvgIpc) is 3.12. The molecule has 1 amide bonds. The molecule has 150 valence electrons. The number of aromatic nitrogens is 2. The van der Waals surface area contributed by atoms with E-state index < -0.39 is 5.97 Å². The van der Waals surface area contributed by atoms with Crippen LogP contribution >= 0.6 is 11.3 Å². The van der Waals surface area contributed by atoms with Crippen molar-refractivity contribution in [3.05, 3.63) is 57.0 Å². The number of fused-ring (bicyclic) bond motifs is 3. The van der Waals surface area contributed by atoms with Crippen LogP contribution in [0.3, 0.4) is 0 Å². The molecular formula is C21H21N3O4S. The van der Waals surface area contributed by atoms with Gasteiger partial charge < -0.3 is 10.1 Å². The first-order valence-electron chi connectivity index (χ1n) is 9.54. The summed E-state index contributed by atoms with van der Waals surface area (Å²) in [5.74, 6) is -0.643. The number of methoxy groups -OCH3 is 1. The third-order valence-corrected chi connectivity index (χ3v) is 6.31. The summed E-state index contributed by atoms with van der Waals surface area (Å²) in [6, 6.07) is 6.45. The molecule has 0 spiro atoms. The number of rotatable bonds is 5. The predicted molar refractivity (Wildman–Crippen MR) is 112 cm³/mol. The van der Waals surface area contributed by atoms with E-state index in [0.29, 0.717) is 11.3 Å². The number of hydrogen-bond acceptors (Lipinski definition) is 6. The van der Waals surface area contributed by atoms with Gasteiger partial charge in [-0.05, 0) is 55.5 Å². The maximum atomic E-state index is 12.9. The zero-order valence-electron chi connectivity index (χ0n) is 16.1. The van der Waals surface area contributed by atoms with Crippen LogP contribution in [0.2, 0.25) is 0 Å². The lowest BCUT2D eigenvalue weighted by Gasteiger charge is -2.10. The van der Waals surface area contributed by atoms with Crippen LogP contribution in [0.5, 0.6) is 0 Å². The number of nitrogens with one attached hydrogen (secondary N) is 1. The molecule has 1 N–H and O–H groups in total. The van der Waals surface area contributed by atoms with E-state index in [-0.39, 0.29) is 24.4 Å². The van der Waals surface area contributed by atoms with E-state index in [0.717, 1.165) is 41.5 Å². The molecule has 4 rings (SSSR count). The molecule has 0 radical (unpaired) electrons. The number of anilines is 1. The van der Waals surface area contributed by atoms with E-state index in [1.54, 1.807) is 35.6 Å². The van der Waals surface area contributed by atoms with Gasteiger partial charge in [0.2, 0.25) is 5.91 Å². The Morgan fingerprint density at radius 3 is 2.72 bits per heavy atom. The summed E-state index contributed by atoms with van der Waals surface area (Å²) >= 11 is 1.62. The Labute approximate surface area is 171 Å². The number of ether oxygens (including phenoxy) is 1. The van der Waals surface area contributed by atoms with Crippen molar-refractivity contribution in [3.63, 3.8) is 0 Å². The first kappa shape index (κ1) is 19.3. The number of aryl methyl sites for hydroxylation is 3. The van der Waals surface area contributed by atoms with Crippen molar-refractivity contribution >= 4 is 39.1 Å². The Kier molecular flexibility index (Phi) is 5.44. The van der Waals surface area contributed by atoms with Gasteiger partial charge in [-0.3, -0.25) is 14.2 Å². The van der Waals surface area contributed by atoms with E-state index in [2.05, 4.69) is 15.0 Å². The zero-order chi connectivity index (χ0) is 20.4. The Balaban J connectivity index is 1.44. The van der Waals surface area contributed by atoms with Gasteiger partial charge in [-0.15, -0.1) is 11.3 Å². The molecule has 0 bridgehead atoms. The molecule has 8 heteroatoms. The molecule has 0 atom stereocenters. The molecule has 7 nitrogen and oxygen atoms in total. The highest BCUT2D eigenvalue weighted by Crippen LogP contribution is 2.33. The Morgan fingerprint density at radius 2 is 1.97 bits per heavy atom. The summed E-state index contributed by atoms with van der Waals surface area (Å²) in [4.78, 5) is 43.2. The minimum absolute atomic E-state index is 0.0652. The van der Waals surface area contributed by atoms with Crippen molar-refractivity contribution in [2.45, 2.75) is 38.6 Å². The second-order valence-corrected chi connectivity index (χ2v) is 8.08. The Bertz CT molecular complexity index is 1130. The van der Waals surface area contributed by atoms with Crippen LogP contribution in [0.25, 0.3) is 10.2 Å². The molecule has 1 aliphatic rings. The largest absolute Gasteiger partial charge is 0.465 e. The maximum absolute atomic E-state index is 12.9. The fourth-order valence-corrected chi connectivity index (χ4v) is 4.81. The number of carbonyl (C=O) groups excluding carboxylic acids is 2. The minimum atomic E-state index is -0.430. The molecule has 0 saturated carbocycles. The smallest absolute Gasteiger partial charge is 0.337 e. The van der Waals surface area contributed by atoms with Crippen LogP contribution in [0.1, 0.15) is 40.1 Å². The Morgan fingerprint density at radius 1 is 1.21 bits per heavy atom. The number of thiophene rings is 1. The molecule has 1 aliphatic carbocycles. The molecule has 2 aromatic heterocycles. The number of nitrogens with zero attached hydrogens (tertiary/aromatic N) is 2. The molecule has 0 aliphatic heterocycles. The van der Waals surface area contributed by atoms with Gasteiger partial charge >= 0.3 is 5.97 Å². The van der Waals surface area contributed by atoms with Crippen molar-refractivity contribution in [2.75, 3.05) is 12.4 Å². The van der Waals surface area contributed by atoms with Gasteiger partial charge in [-0.25, -0.2) is 9.78 Å². The first-order valence-corrected chi connectivity index (χ1v) is 10.4. The van der Waals surface area contributed by atoms with Gasteiger partial charge in [0.1, 0.15) is 4.83 Å². The van der Waals surface area contributed by atoms with Crippen LogP contribution in [0, 0.1) is 0 Å². The fourth-order valence-electron chi connectivity index (χ4n) is 3.59. The molecule has 3 aromatic rings. The maximum Gasteiger partial charge on any atom is 0.337 e. The number of hydrogen-bond donors (Lipinski definition) is 1. The molecule has 0 saturated heterocycles. The standard InChI is InChI=1S/C21H21N3O4S/c1-28-21(27)13-6-8-14(9-7-13)23-17(25)10-11-24-12-22-19-18(20(24)26)15-4-2-3-5-16(15)29-19/h6-9,12H,2-5,10-11H2,1H3,(H,23,25). The van der Waals surface area contributed by atoms with Crippen LogP contribution in [0.4, 0.5) is 5.69 Å². The van der Waals surface area contributed by atoms with E-state index in [9.17, 15) is 14.4 Å². The van der Waals surface area contributed by atoms with E-state index in [1.807, 2.05) is 0 Å². The van der Waals surface area contributed by atoms with E-state index in [1.165, 1.54) is 22.9 Å². The summed E-state index contributed by atoms with van der Waals surface area (Å²) < 4.78 is 6.17. The predicted octanol–water partition coefficient (Wildman–Crippen LogP) is 3.15. The number of esters is 1. The average molecular weight is 411 g/mol. The SMILES string of the molecule is COC(=O)c1ccc(NC(=O)CCn2cnc3sc4c(c3c2=O)CCCC4)cc1. The van der Waals surface area contributed by atoms with Crippen molar-refractivity contribution < 1.29 is 14.3 Å². The van der Waals surface area contributed by atoms with Gasteiger partial charge in [-0.2, -0.15) is 0 Å². The lowest BCUT2D eigenvalue weighted by molar-refractivity contribution is -0.116. The normalized spacial score (nSPS) is 13.1. The first-order chi connectivity index (χ1) is 14.1. The van der Waals surface area contributed by atoms with Gasteiger partial charge in [-0.1, -0.05) is 0 Å². The van der Waals surface area contributed by atoms with Gasteiger partial charge in [0, 0.05) is 23.5 Å².